The third kappa shape index (κ3) is 19.0. The zero-order chi connectivity index (χ0) is 26.8. The summed E-state index contributed by atoms with van der Waals surface area (Å²) in [4.78, 5) is 0. The number of hydrogen-bond acceptors (Lipinski definition) is 5. The first-order valence-electron chi connectivity index (χ1n) is 15.3. The monoisotopic (exact) mass is 514 g/mol. The molecule has 0 aromatic rings. The van der Waals surface area contributed by atoms with Crippen LogP contribution in [0, 0.1) is 0 Å². The van der Waals surface area contributed by atoms with Gasteiger partial charge in [-0.1, -0.05) is 32.1 Å². The summed E-state index contributed by atoms with van der Waals surface area (Å²) < 4.78 is 27.4. The van der Waals surface area contributed by atoms with Crippen LogP contribution in [-0.2, 0) is 23.7 Å². The summed E-state index contributed by atoms with van der Waals surface area (Å²) in [6, 6.07) is 0. The van der Waals surface area contributed by atoms with Crippen LogP contribution in [0.1, 0.15) is 139 Å². The van der Waals surface area contributed by atoms with Crippen LogP contribution in [-0.4, -0.2) is 62.0 Å². The minimum absolute atomic E-state index is 0.344. The predicted molar refractivity (Wildman–Crippen MR) is 151 cm³/mol. The summed E-state index contributed by atoms with van der Waals surface area (Å²) in [6.45, 7) is 18.4. The highest BCUT2D eigenvalue weighted by Crippen LogP contribution is 2.23. The van der Waals surface area contributed by atoms with Crippen molar-refractivity contribution < 1.29 is 23.7 Å². The lowest BCUT2D eigenvalue weighted by Gasteiger charge is -2.27. The lowest BCUT2D eigenvalue weighted by atomic mass is 9.96. The van der Waals surface area contributed by atoms with Crippen molar-refractivity contribution in [1.82, 2.24) is 0 Å². The topological polar surface area (TPSA) is 46.2 Å². The Morgan fingerprint density at radius 3 is 1.03 bits per heavy atom. The smallest absolute Gasteiger partial charge is 0.0833 e. The highest BCUT2D eigenvalue weighted by Gasteiger charge is 2.19. The van der Waals surface area contributed by atoms with Gasteiger partial charge in [-0.3, -0.25) is 0 Å². The summed E-state index contributed by atoms with van der Waals surface area (Å²) in [5, 5.41) is 0. The van der Waals surface area contributed by atoms with Crippen LogP contribution >= 0.6 is 0 Å². The first-order valence-corrected chi connectivity index (χ1v) is 15.3. The molecule has 0 aromatic carbocycles. The van der Waals surface area contributed by atoms with Crippen LogP contribution in [0.5, 0.6) is 0 Å². The molecule has 1 saturated heterocycles. The van der Waals surface area contributed by atoms with Gasteiger partial charge in [0.15, 0.2) is 0 Å². The first kappa shape index (κ1) is 33.8. The molecule has 0 bridgehead atoms. The molecule has 4 fully saturated rings. The van der Waals surface area contributed by atoms with Gasteiger partial charge in [0.1, 0.15) is 0 Å². The van der Waals surface area contributed by atoms with Gasteiger partial charge >= 0.3 is 0 Å². The lowest BCUT2D eigenvalue weighted by Crippen LogP contribution is -2.24. The van der Waals surface area contributed by atoms with E-state index in [1.54, 1.807) is 0 Å². The molecular weight excluding hydrogens is 452 g/mol. The largest absolute Gasteiger partial charge is 0.379 e. The second kappa shape index (κ2) is 20.7. The zero-order valence-corrected chi connectivity index (χ0v) is 25.3. The van der Waals surface area contributed by atoms with E-state index >= 15 is 0 Å². The van der Waals surface area contributed by atoms with Gasteiger partial charge in [0, 0.05) is 6.61 Å². The van der Waals surface area contributed by atoms with Gasteiger partial charge in [-0.05, 0) is 107 Å². The molecule has 4 aliphatic rings. The van der Waals surface area contributed by atoms with E-state index in [1.807, 2.05) is 0 Å². The molecule has 1 unspecified atom stereocenters. The van der Waals surface area contributed by atoms with Crippen LogP contribution in [0.4, 0.5) is 0 Å². The van der Waals surface area contributed by atoms with Gasteiger partial charge in [-0.25, -0.2) is 0 Å². The molecule has 0 radical (unpaired) electrons. The van der Waals surface area contributed by atoms with Crippen LogP contribution in [0.15, 0.2) is 0 Å². The van der Waals surface area contributed by atoms with Crippen molar-refractivity contribution in [3.8, 4) is 0 Å². The van der Waals surface area contributed by atoms with E-state index < -0.39 is 0 Å². The Labute approximate surface area is 224 Å². The Morgan fingerprint density at radius 2 is 0.750 bits per heavy atom. The second-order valence-electron chi connectivity index (χ2n) is 11.9. The van der Waals surface area contributed by atoms with E-state index in [4.69, 9.17) is 23.7 Å². The van der Waals surface area contributed by atoms with Crippen molar-refractivity contribution in [2.24, 2.45) is 0 Å². The normalized spacial score (nSPS) is 23.2. The minimum atomic E-state index is 0.344. The fourth-order valence-electron chi connectivity index (χ4n) is 4.89. The minimum Gasteiger partial charge on any atom is -0.379 e. The molecule has 1 aliphatic heterocycles. The van der Waals surface area contributed by atoms with E-state index in [1.165, 1.54) is 77.0 Å². The van der Waals surface area contributed by atoms with Crippen LogP contribution in [0.3, 0.4) is 0 Å². The van der Waals surface area contributed by atoms with Crippen molar-refractivity contribution >= 4 is 0 Å². The molecule has 1 heterocycles. The van der Waals surface area contributed by atoms with Crippen molar-refractivity contribution in [3.63, 3.8) is 0 Å². The third-order valence-electron chi connectivity index (χ3n) is 6.65. The first-order chi connectivity index (χ1) is 17.2. The van der Waals surface area contributed by atoms with Crippen LogP contribution in [0.2, 0.25) is 0 Å². The van der Waals surface area contributed by atoms with E-state index in [-0.39, 0.29) is 0 Å². The summed E-state index contributed by atoms with van der Waals surface area (Å²) in [5.74, 6) is 0. The van der Waals surface area contributed by atoms with Crippen molar-refractivity contribution in [2.75, 3.05) is 13.2 Å². The van der Waals surface area contributed by atoms with Gasteiger partial charge in [0.05, 0.1) is 55.4 Å². The van der Waals surface area contributed by atoms with Gasteiger partial charge in [-0.2, -0.15) is 0 Å². The average molecular weight is 515 g/mol. The second-order valence-corrected chi connectivity index (χ2v) is 11.9. The molecule has 3 aliphatic carbocycles. The predicted octanol–water partition coefficient (Wildman–Crippen LogP) is 8.26. The molecule has 0 aromatic heterocycles. The van der Waals surface area contributed by atoms with Gasteiger partial charge < -0.3 is 23.7 Å². The Hall–Kier alpha value is -0.200. The fourth-order valence-corrected chi connectivity index (χ4v) is 4.89. The maximum atomic E-state index is 5.69. The van der Waals surface area contributed by atoms with Crippen molar-refractivity contribution in [2.45, 2.75) is 188 Å². The lowest BCUT2D eigenvalue weighted by molar-refractivity contribution is -0.0347. The molecule has 1 atom stereocenters. The van der Waals surface area contributed by atoms with Gasteiger partial charge in [-0.15, -0.1) is 0 Å². The van der Waals surface area contributed by atoms with E-state index in [0.717, 1.165) is 19.6 Å². The van der Waals surface area contributed by atoms with Crippen molar-refractivity contribution in [3.05, 3.63) is 0 Å². The molecule has 0 amide bonds. The number of ether oxygens (including phenoxy) is 5. The Kier molecular flexibility index (Phi) is 19.5. The standard InChI is InChI=1S/C9H18O.C8H16O.C7H14O2.C7H14O/c1-8(2)10-9-6-4-3-5-7-9;1-7(2)9-8-5-3-4-6-8;1-6(2)9-7-3-4-8-5-7;1-6(2)8-7-4-3-5-7/h8-9H,3-7H2,1-2H3;7-8H,3-6H2,1-2H3;6-7H,3-5H2,1-2H3;6-7H,3-5H2,1-2H3. The molecule has 216 valence electrons. The summed E-state index contributed by atoms with van der Waals surface area (Å²) in [7, 11) is 0. The summed E-state index contributed by atoms with van der Waals surface area (Å²) in [5.41, 5.74) is 0. The number of hydrogen-bond donors (Lipinski definition) is 0. The molecule has 5 nitrogen and oxygen atoms in total. The van der Waals surface area contributed by atoms with Gasteiger partial charge in [0.2, 0.25) is 0 Å². The SMILES string of the molecule is CC(C)OC1CCC1.CC(C)OC1CCCC1.CC(C)OC1CCCCC1.CC(C)OC1CCOC1. The third-order valence-corrected chi connectivity index (χ3v) is 6.65. The average Bonchev–Trinajstić information content (AvgIpc) is 3.46. The molecule has 4 rings (SSSR count). The molecule has 0 N–H and O–H groups in total. The highest BCUT2D eigenvalue weighted by molar-refractivity contribution is 4.70. The van der Waals surface area contributed by atoms with Gasteiger partial charge in [0.25, 0.3) is 0 Å². The maximum absolute atomic E-state index is 5.69. The molecule has 0 spiro atoms. The fraction of sp³-hybridized carbons (Fsp3) is 1.00. The zero-order valence-electron chi connectivity index (χ0n) is 25.3. The van der Waals surface area contributed by atoms with Crippen molar-refractivity contribution in [1.29, 1.82) is 0 Å². The quantitative estimate of drug-likeness (QED) is 0.326. The van der Waals surface area contributed by atoms with Crippen LogP contribution in [0.25, 0.3) is 0 Å². The number of rotatable bonds is 8. The van der Waals surface area contributed by atoms with E-state index in [0.29, 0.717) is 48.8 Å². The highest BCUT2D eigenvalue weighted by atomic mass is 16.5. The summed E-state index contributed by atoms with van der Waals surface area (Å²) >= 11 is 0. The summed E-state index contributed by atoms with van der Waals surface area (Å²) in [6.07, 6.45) is 20.8. The Morgan fingerprint density at radius 1 is 0.417 bits per heavy atom. The van der Waals surface area contributed by atoms with E-state index in [2.05, 4.69) is 55.4 Å². The molecular formula is C31H62O5. The molecule has 5 heteroatoms. The van der Waals surface area contributed by atoms with E-state index in [9.17, 15) is 0 Å². The maximum Gasteiger partial charge on any atom is 0.0833 e. The molecule has 3 saturated carbocycles. The Bertz CT molecular complexity index is 449. The molecule has 36 heavy (non-hydrogen) atoms. The van der Waals surface area contributed by atoms with Crippen LogP contribution < -0.4 is 0 Å². The Balaban J connectivity index is 0.000000241.